The third-order valence-electron chi connectivity index (χ3n) is 6.59. The second kappa shape index (κ2) is 9.70. The number of carbonyl (C=O) groups excluding carboxylic acids is 1. The van der Waals surface area contributed by atoms with Crippen molar-refractivity contribution in [3.05, 3.63) is 60.2 Å². The van der Waals surface area contributed by atoms with Gasteiger partial charge in [0, 0.05) is 17.0 Å². The Bertz CT molecular complexity index is 1090. The summed E-state index contributed by atoms with van der Waals surface area (Å²) in [5.74, 6) is 0.981. The van der Waals surface area contributed by atoms with Crippen LogP contribution in [0.5, 0.6) is 5.75 Å². The molecular formula is C27H31N3O2. The molecule has 1 amide bonds. The van der Waals surface area contributed by atoms with Gasteiger partial charge in [-0.15, -0.1) is 0 Å². The fourth-order valence-electron chi connectivity index (χ4n) is 4.87. The highest BCUT2D eigenvalue weighted by Crippen LogP contribution is 2.27. The number of benzene rings is 2. The number of nitrogens with zero attached hydrogens (tertiary/aromatic N) is 1. The molecule has 3 aromatic rings. The summed E-state index contributed by atoms with van der Waals surface area (Å²) >= 11 is 0. The fourth-order valence-corrected chi connectivity index (χ4v) is 4.87. The number of rotatable bonds is 6. The first-order valence-corrected chi connectivity index (χ1v) is 11.9. The largest absolute Gasteiger partial charge is 0.490 e. The molecule has 1 aliphatic carbocycles. The molecule has 0 spiro atoms. The Morgan fingerprint density at radius 1 is 1.00 bits per heavy atom. The van der Waals surface area contributed by atoms with Gasteiger partial charge in [0.2, 0.25) is 5.91 Å². The molecule has 2 aliphatic rings. The van der Waals surface area contributed by atoms with E-state index < -0.39 is 0 Å². The van der Waals surface area contributed by atoms with E-state index in [1.54, 1.807) is 0 Å². The van der Waals surface area contributed by atoms with E-state index in [-0.39, 0.29) is 12.0 Å². The maximum absolute atomic E-state index is 12.6. The Balaban J connectivity index is 1.37. The lowest BCUT2D eigenvalue weighted by molar-refractivity contribution is -0.121. The van der Waals surface area contributed by atoms with Gasteiger partial charge in [0.15, 0.2) is 0 Å². The van der Waals surface area contributed by atoms with Crippen LogP contribution in [0.1, 0.15) is 44.1 Å². The van der Waals surface area contributed by atoms with Crippen LogP contribution in [0.2, 0.25) is 0 Å². The highest BCUT2D eigenvalue weighted by atomic mass is 16.5. The molecule has 2 aromatic carbocycles. The summed E-state index contributed by atoms with van der Waals surface area (Å²) in [4.78, 5) is 17.6. The van der Waals surface area contributed by atoms with Crippen LogP contribution in [0.15, 0.2) is 54.6 Å². The Kier molecular flexibility index (Phi) is 6.35. The molecule has 0 radical (unpaired) electrons. The summed E-state index contributed by atoms with van der Waals surface area (Å²) in [6.45, 7) is 2.02. The van der Waals surface area contributed by atoms with Gasteiger partial charge < -0.3 is 15.4 Å². The summed E-state index contributed by atoms with van der Waals surface area (Å²) in [6.07, 6.45) is 7.31. The highest BCUT2D eigenvalue weighted by molar-refractivity contribution is 5.89. The predicted octanol–water partition coefficient (Wildman–Crippen LogP) is 4.63. The SMILES string of the molecule is O=C(Cc1cccc2ccc(-c3cccc(OC4CCNCC4)c3)nc12)NC1CCCC1. The number of fused-ring (bicyclic) bond motifs is 1. The number of hydrogen-bond donors (Lipinski definition) is 2. The molecule has 2 fully saturated rings. The normalized spacial score (nSPS) is 17.5. The maximum atomic E-state index is 12.6. The minimum Gasteiger partial charge on any atom is -0.490 e. The van der Waals surface area contributed by atoms with Crippen molar-refractivity contribution in [1.82, 2.24) is 15.6 Å². The van der Waals surface area contributed by atoms with Crippen LogP contribution in [0, 0.1) is 0 Å². The molecule has 1 aromatic heterocycles. The molecule has 1 saturated heterocycles. The first-order valence-electron chi connectivity index (χ1n) is 11.9. The van der Waals surface area contributed by atoms with Crippen LogP contribution in [0.25, 0.3) is 22.2 Å². The van der Waals surface area contributed by atoms with Crippen LogP contribution in [-0.2, 0) is 11.2 Å². The minimum atomic E-state index is 0.0916. The van der Waals surface area contributed by atoms with Crippen molar-refractivity contribution in [3.63, 3.8) is 0 Å². The summed E-state index contributed by atoms with van der Waals surface area (Å²) in [5.41, 5.74) is 3.80. The third-order valence-corrected chi connectivity index (χ3v) is 6.59. The molecule has 1 saturated carbocycles. The quantitative estimate of drug-likeness (QED) is 0.600. The number of hydrogen-bond acceptors (Lipinski definition) is 4. The maximum Gasteiger partial charge on any atom is 0.224 e. The Morgan fingerprint density at radius 3 is 2.66 bits per heavy atom. The molecule has 0 atom stereocenters. The van der Waals surface area contributed by atoms with Crippen LogP contribution in [0.3, 0.4) is 0 Å². The third kappa shape index (κ3) is 4.94. The van der Waals surface area contributed by atoms with Gasteiger partial charge in [-0.1, -0.05) is 49.2 Å². The minimum absolute atomic E-state index is 0.0916. The van der Waals surface area contributed by atoms with E-state index in [0.717, 1.165) is 72.2 Å². The van der Waals surface area contributed by atoms with Crippen molar-refractivity contribution in [3.8, 4) is 17.0 Å². The summed E-state index contributed by atoms with van der Waals surface area (Å²) in [7, 11) is 0. The molecule has 5 nitrogen and oxygen atoms in total. The van der Waals surface area contributed by atoms with E-state index in [1.807, 2.05) is 30.3 Å². The van der Waals surface area contributed by atoms with Crippen LogP contribution in [0.4, 0.5) is 0 Å². The summed E-state index contributed by atoms with van der Waals surface area (Å²) in [6, 6.07) is 18.8. The number of ether oxygens (including phenoxy) is 1. The predicted molar refractivity (Wildman–Crippen MR) is 128 cm³/mol. The van der Waals surface area contributed by atoms with Crippen molar-refractivity contribution < 1.29 is 9.53 Å². The van der Waals surface area contributed by atoms with Crippen molar-refractivity contribution >= 4 is 16.8 Å². The molecule has 0 unspecified atom stereocenters. The molecule has 5 heteroatoms. The van der Waals surface area contributed by atoms with Gasteiger partial charge in [-0.25, -0.2) is 4.98 Å². The zero-order valence-corrected chi connectivity index (χ0v) is 18.5. The van der Waals surface area contributed by atoms with Crippen LogP contribution in [-0.4, -0.2) is 36.1 Å². The molecule has 1 aliphatic heterocycles. The molecule has 0 bridgehead atoms. The van der Waals surface area contributed by atoms with E-state index >= 15 is 0 Å². The van der Waals surface area contributed by atoms with E-state index in [9.17, 15) is 4.79 Å². The van der Waals surface area contributed by atoms with Crippen molar-refractivity contribution in [2.45, 2.75) is 57.1 Å². The van der Waals surface area contributed by atoms with Gasteiger partial charge in [0.1, 0.15) is 11.9 Å². The Morgan fingerprint density at radius 2 is 1.81 bits per heavy atom. The zero-order chi connectivity index (χ0) is 21.8. The summed E-state index contributed by atoms with van der Waals surface area (Å²) < 4.78 is 6.22. The Labute approximate surface area is 189 Å². The fraction of sp³-hybridized carbons (Fsp3) is 0.407. The van der Waals surface area contributed by atoms with Gasteiger partial charge in [-0.2, -0.15) is 0 Å². The number of carbonyl (C=O) groups is 1. The molecular weight excluding hydrogens is 398 g/mol. The topological polar surface area (TPSA) is 63.2 Å². The van der Waals surface area contributed by atoms with Crippen molar-refractivity contribution in [2.24, 2.45) is 0 Å². The van der Waals surface area contributed by atoms with Crippen LogP contribution >= 0.6 is 0 Å². The molecule has 5 rings (SSSR count). The van der Waals surface area contributed by atoms with Gasteiger partial charge in [0.05, 0.1) is 17.6 Å². The first kappa shape index (κ1) is 21.0. The lowest BCUT2D eigenvalue weighted by atomic mass is 10.0. The van der Waals surface area contributed by atoms with Gasteiger partial charge in [-0.05, 0) is 62.5 Å². The number of aromatic nitrogens is 1. The van der Waals surface area contributed by atoms with Gasteiger partial charge in [0.25, 0.3) is 0 Å². The van der Waals surface area contributed by atoms with E-state index in [2.05, 4.69) is 34.9 Å². The van der Waals surface area contributed by atoms with Gasteiger partial charge >= 0.3 is 0 Å². The highest BCUT2D eigenvalue weighted by Gasteiger charge is 2.18. The van der Waals surface area contributed by atoms with Crippen LogP contribution < -0.4 is 15.4 Å². The number of piperidine rings is 1. The lowest BCUT2D eigenvalue weighted by Gasteiger charge is -2.24. The first-order chi connectivity index (χ1) is 15.7. The lowest BCUT2D eigenvalue weighted by Crippen LogP contribution is -2.34. The Hall–Kier alpha value is -2.92. The molecule has 2 heterocycles. The number of para-hydroxylation sites is 1. The standard InChI is InChI=1S/C27H31N3O2/c31-26(29-22-8-1-2-9-22)18-21-7-3-5-19-11-12-25(30-27(19)21)20-6-4-10-24(17-20)32-23-13-15-28-16-14-23/h3-7,10-12,17,22-23,28H,1-2,8-9,13-16,18H2,(H,29,31). The average molecular weight is 430 g/mol. The molecule has 166 valence electrons. The number of pyridine rings is 1. The van der Waals surface area contributed by atoms with E-state index in [0.29, 0.717) is 12.5 Å². The zero-order valence-electron chi connectivity index (χ0n) is 18.5. The van der Waals surface area contributed by atoms with Crippen molar-refractivity contribution in [1.29, 1.82) is 0 Å². The monoisotopic (exact) mass is 429 g/mol. The van der Waals surface area contributed by atoms with Gasteiger partial charge in [-0.3, -0.25) is 4.79 Å². The van der Waals surface area contributed by atoms with E-state index in [1.165, 1.54) is 12.8 Å². The molecule has 32 heavy (non-hydrogen) atoms. The summed E-state index contributed by atoms with van der Waals surface area (Å²) in [5, 5.41) is 7.63. The molecule has 2 N–H and O–H groups in total. The number of amides is 1. The second-order valence-electron chi connectivity index (χ2n) is 9.01. The van der Waals surface area contributed by atoms with E-state index in [4.69, 9.17) is 9.72 Å². The average Bonchev–Trinajstić information content (AvgIpc) is 3.33. The smallest absolute Gasteiger partial charge is 0.224 e. The number of nitrogens with one attached hydrogen (secondary N) is 2. The second-order valence-corrected chi connectivity index (χ2v) is 9.01. The van der Waals surface area contributed by atoms with Crippen molar-refractivity contribution in [2.75, 3.05) is 13.1 Å².